The van der Waals surface area contributed by atoms with E-state index in [9.17, 15) is 0 Å². The normalized spacial score (nSPS) is 13.3. The van der Waals surface area contributed by atoms with Crippen molar-refractivity contribution in [3.8, 4) is 16.9 Å². The molecule has 0 bridgehead atoms. The Morgan fingerprint density at radius 1 is 0.567 bits per heavy atom. The van der Waals surface area contributed by atoms with Crippen LogP contribution < -0.4 is 25.6 Å². The molecule has 0 radical (unpaired) electrons. The number of rotatable bonds is 7. The zero-order valence-electron chi connectivity index (χ0n) is 32.2. The molecule has 60 heavy (non-hydrogen) atoms. The predicted molar refractivity (Wildman–Crippen MR) is 242 cm³/mol. The van der Waals surface area contributed by atoms with Crippen LogP contribution in [0.2, 0.25) is 0 Å². The minimum atomic E-state index is -3.16. The fraction of sp³-hybridized carbons (Fsp3) is 0.0185. The summed E-state index contributed by atoms with van der Waals surface area (Å²) in [4.78, 5) is 6.75. The number of pyridine rings is 1. The second kappa shape index (κ2) is 15.5. The molecule has 8 aromatic carbocycles. The summed E-state index contributed by atoms with van der Waals surface area (Å²) in [6, 6.07) is 80.1. The minimum absolute atomic E-state index is 0. The third kappa shape index (κ3) is 5.91. The van der Waals surface area contributed by atoms with Crippen LogP contribution in [-0.4, -0.2) is 17.6 Å². The summed E-state index contributed by atoms with van der Waals surface area (Å²) >= 11 is 0. The molecule has 290 valence electrons. The molecule has 1 aliphatic rings. The van der Waals surface area contributed by atoms with Crippen LogP contribution in [0.25, 0.3) is 38.8 Å². The molecule has 2 aromatic heterocycles. The number of anilines is 3. The number of alkyl halides is 1. The summed E-state index contributed by atoms with van der Waals surface area (Å²) in [6.07, 6.45) is 0.276. The molecule has 0 fully saturated rings. The molecule has 1 aliphatic heterocycles. The number of fused-ring (bicyclic) bond motifs is 6. The Kier molecular flexibility index (Phi) is 9.70. The second-order valence-electron chi connectivity index (χ2n) is 14.9. The summed E-state index contributed by atoms with van der Waals surface area (Å²) in [5, 5.41) is 7.37. The van der Waals surface area contributed by atoms with E-state index >= 15 is 4.39 Å². The summed E-state index contributed by atoms with van der Waals surface area (Å²) in [5.74, 6) is 0. The molecule has 6 heteroatoms. The standard InChI is InChI=1S/C54H35FN3Si.Pd/c55-52(39-19-16-18-38(36-39)47-29-14-15-35-56-47)40-20-17-23-42(37-40)57-49-31-12-13-32-51(49)59(43-24-6-2-7-25-43,44-26-8-3-9-27-44)54-50(57)34-33-46-45-28-10-11-30-48(45)58(53(46)54)41-21-4-1-5-22-41;/h1-30,32-35,52H;/q-3;. The van der Waals surface area contributed by atoms with Gasteiger partial charge in [-0.05, 0) is 41.2 Å². The van der Waals surface area contributed by atoms with E-state index in [-0.39, 0.29) is 20.4 Å². The Balaban J connectivity index is 0.00000433. The van der Waals surface area contributed by atoms with Crippen molar-refractivity contribution in [2.24, 2.45) is 0 Å². The molecule has 0 saturated heterocycles. The molecule has 11 rings (SSSR count). The Morgan fingerprint density at radius 3 is 1.97 bits per heavy atom. The van der Waals surface area contributed by atoms with Gasteiger partial charge in [-0.1, -0.05) is 143 Å². The predicted octanol–water partition coefficient (Wildman–Crippen LogP) is 10.5. The quantitative estimate of drug-likeness (QED) is 0.118. The topological polar surface area (TPSA) is 21.1 Å². The number of aromatic nitrogens is 2. The first-order chi connectivity index (χ1) is 29.2. The summed E-state index contributed by atoms with van der Waals surface area (Å²) in [5.41, 5.74) is 8.45. The molecule has 3 nitrogen and oxygen atoms in total. The molecule has 0 saturated carbocycles. The first-order valence-corrected chi connectivity index (χ1v) is 21.9. The molecular weight excluding hydrogens is 844 g/mol. The number of hydrogen-bond acceptors (Lipinski definition) is 2. The molecule has 0 aliphatic carbocycles. The van der Waals surface area contributed by atoms with Crippen molar-refractivity contribution in [2.45, 2.75) is 6.17 Å². The van der Waals surface area contributed by atoms with E-state index in [1.807, 2.05) is 54.6 Å². The summed E-state index contributed by atoms with van der Waals surface area (Å²) in [6.45, 7) is 0. The maximum Gasteiger partial charge on any atom is 0.130 e. The Labute approximate surface area is 363 Å². The monoisotopic (exact) mass is 878 g/mol. The number of benzene rings is 8. The first kappa shape index (κ1) is 37.6. The van der Waals surface area contributed by atoms with Crippen LogP contribution in [0.5, 0.6) is 0 Å². The van der Waals surface area contributed by atoms with E-state index < -0.39 is 14.2 Å². The fourth-order valence-electron chi connectivity index (χ4n) is 9.24. The third-order valence-corrected chi connectivity index (χ3v) is 16.5. The smallest absolute Gasteiger partial charge is 0.130 e. The molecular formula is C54H35FN3PdSi-3. The van der Waals surface area contributed by atoms with Crippen molar-refractivity contribution in [3.63, 3.8) is 0 Å². The molecule has 1 unspecified atom stereocenters. The van der Waals surface area contributed by atoms with Gasteiger partial charge in [0.25, 0.3) is 0 Å². The van der Waals surface area contributed by atoms with Gasteiger partial charge in [0.05, 0.1) is 11.0 Å². The van der Waals surface area contributed by atoms with Crippen LogP contribution in [0, 0.1) is 18.2 Å². The minimum Gasteiger partial charge on any atom is -0.358 e. The van der Waals surface area contributed by atoms with E-state index in [0.29, 0.717) is 11.1 Å². The SMILES string of the molecule is FC(c1[c-]c(-c2ccccn2)ccc1)c1[c-]c(N2c3[c-]cccc3[Si](c3ccccc3)(c3ccccc3)c3c2ccc2c4ccccc4n(-c4ccccc4)c32)ccc1.[Pd]. The van der Waals surface area contributed by atoms with Crippen LogP contribution in [-0.2, 0) is 20.4 Å². The maximum atomic E-state index is 16.9. The van der Waals surface area contributed by atoms with E-state index in [0.717, 1.165) is 45.0 Å². The van der Waals surface area contributed by atoms with Crippen molar-refractivity contribution in [1.82, 2.24) is 9.55 Å². The van der Waals surface area contributed by atoms with Crippen LogP contribution in [0.3, 0.4) is 0 Å². The molecule has 0 spiro atoms. The van der Waals surface area contributed by atoms with Gasteiger partial charge in [-0.3, -0.25) is 0 Å². The summed E-state index contributed by atoms with van der Waals surface area (Å²) < 4.78 is 19.4. The Bertz CT molecular complexity index is 3100. The van der Waals surface area contributed by atoms with Crippen molar-refractivity contribution in [3.05, 3.63) is 236 Å². The van der Waals surface area contributed by atoms with Gasteiger partial charge < -0.3 is 14.5 Å². The number of para-hydroxylation sites is 3. The molecule has 10 aromatic rings. The van der Waals surface area contributed by atoms with Crippen molar-refractivity contribution < 1.29 is 24.8 Å². The molecule has 0 N–H and O–H groups in total. The van der Waals surface area contributed by atoms with Gasteiger partial charge in [0, 0.05) is 48.8 Å². The van der Waals surface area contributed by atoms with Gasteiger partial charge in [-0.25, -0.2) is 4.39 Å². The molecule has 0 amide bonds. The Hall–Kier alpha value is -6.68. The van der Waals surface area contributed by atoms with E-state index in [1.165, 1.54) is 31.5 Å². The van der Waals surface area contributed by atoms with Gasteiger partial charge in [-0.2, -0.15) is 42.5 Å². The van der Waals surface area contributed by atoms with Gasteiger partial charge in [-0.15, -0.1) is 46.6 Å². The van der Waals surface area contributed by atoms with Gasteiger partial charge >= 0.3 is 0 Å². The second-order valence-corrected chi connectivity index (χ2v) is 18.6. The molecule has 3 heterocycles. The summed E-state index contributed by atoms with van der Waals surface area (Å²) in [7, 11) is -3.16. The number of nitrogens with zero attached hydrogens (tertiary/aromatic N) is 3. The van der Waals surface area contributed by atoms with Crippen molar-refractivity contribution >= 4 is 67.7 Å². The third-order valence-electron chi connectivity index (χ3n) is 11.7. The zero-order chi connectivity index (χ0) is 39.3. The average Bonchev–Trinajstić information content (AvgIpc) is 3.66. The Morgan fingerprint density at radius 2 is 1.23 bits per heavy atom. The zero-order valence-corrected chi connectivity index (χ0v) is 34.8. The van der Waals surface area contributed by atoms with Crippen LogP contribution in [0.15, 0.2) is 206 Å². The fourth-order valence-corrected chi connectivity index (χ4v) is 14.5. The van der Waals surface area contributed by atoms with E-state index in [1.54, 1.807) is 12.3 Å². The maximum absolute atomic E-state index is 16.9. The largest absolute Gasteiger partial charge is 0.358 e. The molecule has 1 atom stereocenters. The van der Waals surface area contributed by atoms with Crippen LogP contribution >= 0.6 is 0 Å². The van der Waals surface area contributed by atoms with Crippen molar-refractivity contribution in [1.29, 1.82) is 0 Å². The average molecular weight is 879 g/mol. The van der Waals surface area contributed by atoms with Crippen molar-refractivity contribution in [2.75, 3.05) is 4.90 Å². The number of halogens is 1. The van der Waals surface area contributed by atoms with Crippen LogP contribution in [0.4, 0.5) is 21.5 Å². The van der Waals surface area contributed by atoms with E-state index in [2.05, 4.69) is 172 Å². The van der Waals surface area contributed by atoms with Gasteiger partial charge in [0.2, 0.25) is 0 Å². The van der Waals surface area contributed by atoms with Gasteiger partial charge in [0.15, 0.2) is 0 Å². The van der Waals surface area contributed by atoms with Crippen LogP contribution in [0.1, 0.15) is 17.3 Å². The number of hydrogen-bond donors (Lipinski definition) is 0. The van der Waals surface area contributed by atoms with E-state index in [4.69, 9.17) is 0 Å². The van der Waals surface area contributed by atoms with Gasteiger partial charge in [0.1, 0.15) is 14.2 Å². The first-order valence-electron chi connectivity index (χ1n) is 19.9.